The van der Waals surface area contributed by atoms with Crippen LogP contribution in [0.1, 0.15) is 25.8 Å². The van der Waals surface area contributed by atoms with Crippen LogP contribution in [0.2, 0.25) is 0 Å². The van der Waals surface area contributed by atoms with Crippen LogP contribution in [0.5, 0.6) is 0 Å². The number of hydrogen-bond acceptors (Lipinski definition) is 3. The van der Waals surface area contributed by atoms with Gasteiger partial charge in [0.25, 0.3) is 0 Å². The van der Waals surface area contributed by atoms with Gasteiger partial charge in [-0.3, -0.25) is 4.68 Å². The number of nitrogens with one attached hydrogen (secondary N) is 1. The zero-order valence-electron chi connectivity index (χ0n) is 9.95. The van der Waals surface area contributed by atoms with Crippen LogP contribution in [-0.2, 0) is 6.54 Å². The Hall–Kier alpha value is -1.78. The smallest absolute Gasteiger partial charge is 0.203 e. The van der Waals surface area contributed by atoms with E-state index in [0.29, 0.717) is 12.1 Å². The molecule has 1 N–H and O–H groups in total. The molecule has 1 unspecified atom stereocenters. The summed E-state index contributed by atoms with van der Waals surface area (Å²) in [5.41, 5.74) is 0. The Balaban J connectivity index is 1.63. The summed E-state index contributed by atoms with van der Waals surface area (Å²) in [6, 6.07) is 2.92. The lowest BCUT2D eigenvalue weighted by molar-refractivity contribution is 0.554. The summed E-state index contributed by atoms with van der Waals surface area (Å²) in [5.74, 6) is 0.979. The number of nitrogens with zero attached hydrogens (tertiary/aromatic N) is 4. The van der Waals surface area contributed by atoms with Crippen molar-refractivity contribution in [2.45, 2.75) is 38.4 Å². The van der Waals surface area contributed by atoms with Crippen molar-refractivity contribution in [3.8, 4) is 0 Å². The highest BCUT2D eigenvalue weighted by Gasteiger charge is 2.25. The molecule has 1 aliphatic rings. The molecule has 0 spiro atoms. The average Bonchev–Trinajstić information content (AvgIpc) is 2.84. The fraction of sp³-hybridized carbons (Fsp3) is 0.500. The fourth-order valence-electron chi connectivity index (χ4n) is 2.03. The molecule has 5 heteroatoms. The van der Waals surface area contributed by atoms with E-state index < -0.39 is 0 Å². The monoisotopic (exact) mass is 231 g/mol. The zero-order valence-corrected chi connectivity index (χ0v) is 9.95. The molecular weight excluding hydrogens is 214 g/mol. The van der Waals surface area contributed by atoms with Crippen LogP contribution in [-0.4, -0.2) is 25.4 Å². The van der Waals surface area contributed by atoms with Gasteiger partial charge in [0.15, 0.2) is 0 Å². The first-order chi connectivity index (χ1) is 8.33. The van der Waals surface area contributed by atoms with Gasteiger partial charge in [-0.25, -0.2) is 4.98 Å². The van der Waals surface area contributed by atoms with Gasteiger partial charge < -0.3 is 9.88 Å². The summed E-state index contributed by atoms with van der Waals surface area (Å²) < 4.78 is 4.17. The van der Waals surface area contributed by atoms with Gasteiger partial charge in [-0.2, -0.15) is 5.10 Å². The first-order valence-corrected chi connectivity index (χ1v) is 6.10. The van der Waals surface area contributed by atoms with Crippen molar-refractivity contribution in [3.63, 3.8) is 0 Å². The lowest BCUT2D eigenvalue weighted by Gasteiger charge is -2.15. The Labute approximate surface area is 100 Å². The highest BCUT2D eigenvalue weighted by Crippen LogP contribution is 2.36. The van der Waals surface area contributed by atoms with Crippen molar-refractivity contribution in [1.29, 1.82) is 0 Å². The Kier molecular flexibility index (Phi) is 2.59. The van der Waals surface area contributed by atoms with E-state index in [-0.39, 0.29) is 0 Å². The zero-order chi connectivity index (χ0) is 11.7. The molecule has 0 radical (unpaired) electrons. The Morgan fingerprint density at radius 3 is 3.00 bits per heavy atom. The summed E-state index contributed by atoms with van der Waals surface area (Å²) in [7, 11) is 0. The van der Waals surface area contributed by atoms with Crippen LogP contribution in [0, 0.1) is 0 Å². The maximum absolute atomic E-state index is 4.37. The highest BCUT2D eigenvalue weighted by atomic mass is 15.3. The molecule has 0 saturated heterocycles. The van der Waals surface area contributed by atoms with Crippen molar-refractivity contribution >= 4 is 5.95 Å². The van der Waals surface area contributed by atoms with E-state index in [1.807, 2.05) is 23.1 Å². The Morgan fingerprint density at radius 1 is 1.41 bits per heavy atom. The molecule has 0 amide bonds. The van der Waals surface area contributed by atoms with Gasteiger partial charge in [-0.1, -0.05) is 0 Å². The van der Waals surface area contributed by atoms with Crippen LogP contribution >= 0.6 is 0 Å². The molecule has 0 aromatic carbocycles. The van der Waals surface area contributed by atoms with Crippen molar-refractivity contribution < 1.29 is 0 Å². The summed E-state index contributed by atoms with van der Waals surface area (Å²) in [6.45, 7) is 3.00. The van der Waals surface area contributed by atoms with Gasteiger partial charge in [0, 0.05) is 36.9 Å². The predicted molar refractivity (Wildman–Crippen MR) is 65.8 cm³/mol. The van der Waals surface area contributed by atoms with Crippen LogP contribution in [0.4, 0.5) is 5.95 Å². The topological polar surface area (TPSA) is 47.7 Å². The Morgan fingerprint density at radius 2 is 2.29 bits per heavy atom. The van der Waals surface area contributed by atoms with E-state index in [1.54, 1.807) is 6.20 Å². The first kappa shape index (κ1) is 10.4. The summed E-state index contributed by atoms with van der Waals surface area (Å²) in [5, 5.41) is 7.65. The number of aromatic nitrogens is 4. The van der Waals surface area contributed by atoms with E-state index in [1.165, 1.54) is 12.8 Å². The average molecular weight is 231 g/mol. The van der Waals surface area contributed by atoms with Crippen molar-refractivity contribution in [3.05, 3.63) is 30.9 Å². The number of rotatable bonds is 5. The molecule has 2 aromatic heterocycles. The lowest BCUT2D eigenvalue weighted by atomic mass is 10.3. The van der Waals surface area contributed by atoms with E-state index in [4.69, 9.17) is 0 Å². The second-order valence-electron chi connectivity index (χ2n) is 4.66. The second-order valence-corrected chi connectivity index (χ2v) is 4.66. The highest BCUT2D eigenvalue weighted by molar-refractivity contribution is 5.29. The summed E-state index contributed by atoms with van der Waals surface area (Å²) in [4.78, 5) is 4.37. The molecule has 1 atom stereocenters. The molecule has 3 rings (SSSR count). The largest absolute Gasteiger partial charge is 0.351 e. The van der Waals surface area contributed by atoms with Gasteiger partial charge >= 0.3 is 0 Å². The van der Waals surface area contributed by atoms with Gasteiger partial charge in [-0.15, -0.1) is 0 Å². The molecule has 2 aromatic rings. The number of anilines is 1. The van der Waals surface area contributed by atoms with E-state index >= 15 is 0 Å². The fourth-order valence-corrected chi connectivity index (χ4v) is 2.03. The second kappa shape index (κ2) is 4.24. The van der Waals surface area contributed by atoms with E-state index in [9.17, 15) is 0 Å². The third-order valence-corrected chi connectivity index (χ3v) is 3.00. The number of hydrogen-bond donors (Lipinski definition) is 1. The molecule has 1 aliphatic carbocycles. The number of imidazole rings is 1. The molecule has 17 heavy (non-hydrogen) atoms. The SMILES string of the molecule is CC(Cn1cccn1)Nc1nccn1C1CC1. The van der Waals surface area contributed by atoms with Gasteiger partial charge in [0.1, 0.15) is 0 Å². The van der Waals surface area contributed by atoms with E-state index in [0.717, 1.165) is 12.5 Å². The maximum Gasteiger partial charge on any atom is 0.203 e. The first-order valence-electron chi connectivity index (χ1n) is 6.10. The van der Waals surface area contributed by atoms with Crippen LogP contribution in [0.3, 0.4) is 0 Å². The minimum Gasteiger partial charge on any atom is -0.351 e. The van der Waals surface area contributed by atoms with Crippen molar-refractivity contribution in [1.82, 2.24) is 19.3 Å². The molecular formula is C12H17N5. The molecule has 1 fully saturated rings. The maximum atomic E-state index is 4.37. The van der Waals surface area contributed by atoms with Crippen LogP contribution in [0.15, 0.2) is 30.9 Å². The van der Waals surface area contributed by atoms with Gasteiger partial charge in [0.05, 0.1) is 6.54 Å². The molecule has 5 nitrogen and oxygen atoms in total. The van der Waals surface area contributed by atoms with Crippen molar-refractivity contribution in [2.24, 2.45) is 0 Å². The molecule has 0 bridgehead atoms. The standard InChI is InChI=1S/C12H17N5/c1-10(9-16-7-2-5-14-16)15-12-13-6-8-17(12)11-3-4-11/h2,5-8,10-11H,3-4,9H2,1H3,(H,13,15). The minimum atomic E-state index is 0.315. The molecule has 0 aliphatic heterocycles. The Bertz CT molecular complexity index is 469. The quantitative estimate of drug-likeness (QED) is 0.855. The molecule has 1 saturated carbocycles. The third-order valence-electron chi connectivity index (χ3n) is 3.00. The minimum absolute atomic E-state index is 0.315. The van der Waals surface area contributed by atoms with Gasteiger partial charge in [0.2, 0.25) is 5.95 Å². The normalized spacial score (nSPS) is 17.0. The molecule has 90 valence electrons. The lowest BCUT2D eigenvalue weighted by Crippen LogP contribution is -2.24. The van der Waals surface area contributed by atoms with Crippen molar-refractivity contribution in [2.75, 3.05) is 5.32 Å². The summed E-state index contributed by atoms with van der Waals surface area (Å²) >= 11 is 0. The third kappa shape index (κ3) is 2.33. The molecule has 2 heterocycles. The summed E-state index contributed by atoms with van der Waals surface area (Å²) in [6.07, 6.45) is 10.3. The van der Waals surface area contributed by atoms with Gasteiger partial charge in [-0.05, 0) is 25.8 Å². The predicted octanol–water partition coefficient (Wildman–Crippen LogP) is 1.92. The van der Waals surface area contributed by atoms with Crippen LogP contribution in [0.25, 0.3) is 0 Å². The van der Waals surface area contributed by atoms with Crippen LogP contribution < -0.4 is 5.32 Å². The van der Waals surface area contributed by atoms with E-state index in [2.05, 4.69) is 33.1 Å².